The van der Waals surface area contributed by atoms with Gasteiger partial charge in [0.2, 0.25) is 0 Å². The van der Waals surface area contributed by atoms with Crippen molar-refractivity contribution in [2.24, 2.45) is 5.10 Å². The molecular weight excluding hydrogens is 471 g/mol. The molecule has 5 nitrogen and oxygen atoms in total. The first kappa shape index (κ1) is 25.3. The molecular formula is C27H26Cl2N2O3. The number of aliphatic carboxylic acids is 1. The van der Waals surface area contributed by atoms with Crippen LogP contribution in [0.25, 0.3) is 5.70 Å². The molecule has 0 amide bonds. The van der Waals surface area contributed by atoms with Crippen LogP contribution in [0.2, 0.25) is 10.0 Å². The van der Waals surface area contributed by atoms with Gasteiger partial charge in [-0.25, -0.2) is 5.01 Å². The monoisotopic (exact) mass is 496 g/mol. The van der Waals surface area contributed by atoms with E-state index in [1.54, 1.807) is 36.5 Å². The highest BCUT2D eigenvalue weighted by molar-refractivity contribution is 6.42. The van der Waals surface area contributed by atoms with Crippen LogP contribution in [0.5, 0.6) is 5.75 Å². The molecule has 0 atom stereocenters. The number of hydrazone groups is 1. The number of carbonyl (C=O) groups is 1. The summed E-state index contributed by atoms with van der Waals surface area (Å²) in [5.41, 5.74) is 4.01. The predicted molar refractivity (Wildman–Crippen MR) is 141 cm³/mol. The number of benzene rings is 2. The molecule has 0 spiro atoms. The van der Waals surface area contributed by atoms with Crippen molar-refractivity contribution in [3.63, 3.8) is 0 Å². The topological polar surface area (TPSA) is 62.1 Å². The Morgan fingerprint density at radius 3 is 2.50 bits per heavy atom. The predicted octanol–water partition coefficient (Wildman–Crippen LogP) is 7.53. The summed E-state index contributed by atoms with van der Waals surface area (Å²) in [6, 6.07) is 12.9. The van der Waals surface area contributed by atoms with E-state index in [0.717, 1.165) is 41.1 Å². The average Bonchev–Trinajstić information content (AvgIpc) is 2.85. The summed E-state index contributed by atoms with van der Waals surface area (Å²) in [5, 5.41) is 16.7. The standard InChI is InChI=1S/C27H26Cl2N2O3/c1-3-26(21-9-14-24(28)25(29)17-21)31(22-10-12-23(34-2)13-11-22)30-16-15-20(18-27(32)33)19-7-5-4-6-8-19/h3,5,7-17H,4,6,18H2,1-2H3,(H,32,33)/b20-15+,26-3-,30-16+. The number of methoxy groups -OCH3 is 1. The maximum atomic E-state index is 11.4. The third-order valence-corrected chi connectivity index (χ3v) is 5.94. The lowest BCUT2D eigenvalue weighted by atomic mass is 9.97. The summed E-state index contributed by atoms with van der Waals surface area (Å²) >= 11 is 12.4. The molecule has 34 heavy (non-hydrogen) atoms. The van der Waals surface area contributed by atoms with Gasteiger partial charge in [0.25, 0.3) is 0 Å². The Bertz CT molecular complexity index is 1180. The molecule has 0 heterocycles. The summed E-state index contributed by atoms with van der Waals surface area (Å²) in [6.45, 7) is 1.91. The molecule has 0 unspecified atom stereocenters. The van der Waals surface area contributed by atoms with E-state index in [2.05, 4.69) is 6.08 Å². The highest BCUT2D eigenvalue weighted by atomic mass is 35.5. The lowest BCUT2D eigenvalue weighted by molar-refractivity contribution is -0.136. The molecule has 0 radical (unpaired) electrons. The second-order valence-electron chi connectivity index (χ2n) is 7.48. The van der Waals surface area contributed by atoms with Crippen LogP contribution in [0.3, 0.4) is 0 Å². The number of carboxylic acid groups (broad SMARTS) is 1. The van der Waals surface area contributed by atoms with Gasteiger partial charge >= 0.3 is 5.97 Å². The van der Waals surface area contributed by atoms with Crippen molar-refractivity contribution in [3.8, 4) is 5.75 Å². The van der Waals surface area contributed by atoms with Crippen molar-refractivity contribution >= 4 is 46.8 Å². The first-order chi connectivity index (χ1) is 16.4. The fourth-order valence-electron chi connectivity index (χ4n) is 3.52. The zero-order valence-corrected chi connectivity index (χ0v) is 20.6. The van der Waals surface area contributed by atoms with Gasteiger partial charge in [-0.2, -0.15) is 5.10 Å². The van der Waals surface area contributed by atoms with Gasteiger partial charge in [0, 0.05) is 11.8 Å². The minimum absolute atomic E-state index is 0.0893. The van der Waals surface area contributed by atoms with Crippen LogP contribution >= 0.6 is 23.2 Å². The van der Waals surface area contributed by atoms with Crippen molar-refractivity contribution in [2.75, 3.05) is 12.1 Å². The number of hydrogen-bond donors (Lipinski definition) is 1. The van der Waals surface area contributed by atoms with Crippen LogP contribution in [0.4, 0.5) is 5.69 Å². The van der Waals surface area contributed by atoms with Crippen LogP contribution in [-0.4, -0.2) is 24.4 Å². The molecule has 0 saturated carbocycles. The van der Waals surface area contributed by atoms with Gasteiger partial charge in [0.1, 0.15) is 5.75 Å². The maximum absolute atomic E-state index is 11.4. The Kier molecular flexibility index (Phi) is 9.14. The second kappa shape index (κ2) is 12.3. The maximum Gasteiger partial charge on any atom is 0.307 e. The number of anilines is 1. The molecule has 7 heteroatoms. The van der Waals surface area contributed by atoms with Crippen LogP contribution in [0.15, 0.2) is 89.1 Å². The first-order valence-corrected chi connectivity index (χ1v) is 11.6. The summed E-state index contributed by atoms with van der Waals surface area (Å²) in [5.74, 6) is -0.166. The van der Waals surface area contributed by atoms with E-state index in [0.29, 0.717) is 15.6 Å². The zero-order valence-electron chi connectivity index (χ0n) is 19.0. The molecule has 3 rings (SSSR count). The Labute approximate surface area is 209 Å². The summed E-state index contributed by atoms with van der Waals surface area (Å²) in [7, 11) is 1.61. The summed E-state index contributed by atoms with van der Waals surface area (Å²) in [6.07, 6.45) is 13.1. The van der Waals surface area contributed by atoms with E-state index in [4.69, 9.17) is 33.0 Å². The van der Waals surface area contributed by atoms with Gasteiger partial charge in [-0.15, -0.1) is 0 Å². The highest BCUT2D eigenvalue weighted by Gasteiger charge is 2.15. The molecule has 2 aromatic rings. The third kappa shape index (κ3) is 6.62. The van der Waals surface area contributed by atoms with Gasteiger partial charge in [-0.3, -0.25) is 4.79 Å². The largest absolute Gasteiger partial charge is 0.497 e. The fraction of sp³-hybridized carbons (Fsp3) is 0.185. The molecule has 1 N–H and O–H groups in total. The summed E-state index contributed by atoms with van der Waals surface area (Å²) in [4.78, 5) is 11.4. The van der Waals surface area contributed by atoms with Gasteiger partial charge in [-0.1, -0.05) is 53.6 Å². The number of hydrogen-bond acceptors (Lipinski definition) is 4. The van der Waals surface area contributed by atoms with Crippen LogP contribution in [0.1, 0.15) is 31.7 Å². The van der Waals surface area contributed by atoms with Crippen molar-refractivity contribution in [2.45, 2.75) is 26.2 Å². The minimum atomic E-state index is -0.892. The zero-order chi connectivity index (χ0) is 24.5. The molecule has 1 aliphatic carbocycles. The van der Waals surface area contributed by atoms with E-state index in [-0.39, 0.29) is 6.42 Å². The van der Waals surface area contributed by atoms with E-state index in [1.807, 2.05) is 55.5 Å². The Hall–Kier alpha value is -3.28. The van der Waals surface area contributed by atoms with E-state index in [9.17, 15) is 9.90 Å². The molecule has 2 aromatic carbocycles. The molecule has 0 aromatic heterocycles. The molecule has 0 fully saturated rings. The Morgan fingerprint density at radius 1 is 1.15 bits per heavy atom. The van der Waals surface area contributed by atoms with Crippen LogP contribution in [0, 0.1) is 0 Å². The molecule has 0 saturated heterocycles. The van der Waals surface area contributed by atoms with Crippen LogP contribution < -0.4 is 9.75 Å². The lowest BCUT2D eigenvalue weighted by Gasteiger charge is -2.23. The van der Waals surface area contributed by atoms with E-state index < -0.39 is 5.97 Å². The number of allylic oxidation sites excluding steroid dienone is 6. The number of halogens is 2. The Balaban J connectivity index is 2.03. The number of ether oxygens (including phenoxy) is 1. The quantitative estimate of drug-likeness (QED) is 0.287. The molecule has 0 bridgehead atoms. The first-order valence-electron chi connectivity index (χ1n) is 10.8. The Morgan fingerprint density at radius 2 is 1.91 bits per heavy atom. The van der Waals surface area contributed by atoms with Gasteiger partial charge < -0.3 is 9.84 Å². The van der Waals surface area contributed by atoms with E-state index in [1.165, 1.54) is 0 Å². The highest BCUT2D eigenvalue weighted by Crippen LogP contribution is 2.32. The average molecular weight is 497 g/mol. The second-order valence-corrected chi connectivity index (χ2v) is 8.29. The number of nitrogens with zero attached hydrogens (tertiary/aromatic N) is 2. The molecule has 176 valence electrons. The van der Waals surface area contributed by atoms with Gasteiger partial charge in [-0.05, 0) is 73.4 Å². The SMILES string of the molecule is C/C=C(/c1ccc(Cl)c(Cl)c1)N(/N=C/C=C(\CC(=O)O)C1=CCCC=C1)c1ccc(OC)cc1. The molecule has 0 aliphatic heterocycles. The van der Waals surface area contributed by atoms with Crippen molar-refractivity contribution < 1.29 is 14.6 Å². The van der Waals surface area contributed by atoms with Crippen molar-refractivity contribution in [1.82, 2.24) is 0 Å². The lowest BCUT2D eigenvalue weighted by Crippen LogP contribution is -2.15. The smallest absolute Gasteiger partial charge is 0.307 e. The fourth-order valence-corrected chi connectivity index (χ4v) is 3.82. The molecule has 1 aliphatic rings. The van der Waals surface area contributed by atoms with Gasteiger partial charge in [0.05, 0.1) is 35.0 Å². The number of carboxylic acids is 1. The van der Waals surface area contributed by atoms with Crippen molar-refractivity contribution in [3.05, 3.63) is 99.6 Å². The minimum Gasteiger partial charge on any atom is -0.497 e. The summed E-state index contributed by atoms with van der Waals surface area (Å²) < 4.78 is 5.28. The number of rotatable bonds is 9. The van der Waals surface area contributed by atoms with Gasteiger partial charge in [0.15, 0.2) is 0 Å². The normalized spacial score (nSPS) is 14.3. The van der Waals surface area contributed by atoms with Crippen LogP contribution in [-0.2, 0) is 4.79 Å². The van der Waals surface area contributed by atoms with Crippen molar-refractivity contribution in [1.29, 1.82) is 0 Å². The third-order valence-electron chi connectivity index (χ3n) is 5.20. The van der Waals surface area contributed by atoms with E-state index >= 15 is 0 Å².